The molecule has 36 heavy (non-hydrogen) atoms. The van der Waals surface area contributed by atoms with Crippen molar-refractivity contribution in [2.24, 2.45) is 5.73 Å². The minimum Gasteiger partial charge on any atom is -0.480 e. The highest BCUT2D eigenvalue weighted by atomic mass is 31.2. The van der Waals surface area contributed by atoms with Crippen molar-refractivity contribution in [1.29, 1.82) is 0 Å². The molecule has 0 saturated heterocycles. The average Bonchev–Trinajstić information content (AvgIpc) is 2.84. The largest absolute Gasteiger partial charge is 0.480 e. The second-order valence-electron chi connectivity index (χ2n) is 9.11. The van der Waals surface area contributed by atoms with Crippen molar-refractivity contribution in [2.75, 3.05) is 19.8 Å². The molecule has 1 unspecified atom stereocenters. The number of hydrogen-bond donors (Lipinski definition) is 4. The number of carboxylic acid groups (broad SMARTS) is 1. The zero-order valence-corrected chi connectivity index (χ0v) is 22.7. The van der Waals surface area contributed by atoms with Crippen LogP contribution in [0.5, 0.6) is 0 Å². The summed E-state index contributed by atoms with van der Waals surface area (Å²) in [5, 5.41) is 17.5. The van der Waals surface area contributed by atoms with Crippen LogP contribution in [0.1, 0.15) is 110 Å². The van der Waals surface area contributed by atoms with E-state index in [1.54, 1.807) is 0 Å². The van der Waals surface area contributed by atoms with Gasteiger partial charge in [-0.25, -0.2) is 9.45 Å². The summed E-state index contributed by atoms with van der Waals surface area (Å²) in [6.07, 6.45) is 17.5. The van der Waals surface area contributed by atoms with Crippen LogP contribution in [0.2, 0.25) is 0 Å². The molecule has 0 aliphatic rings. The molecule has 0 fully saturated rings. The molecule has 3 atom stereocenters. The van der Waals surface area contributed by atoms with Crippen LogP contribution in [0.4, 0.5) is 0 Å². The van der Waals surface area contributed by atoms with Crippen molar-refractivity contribution in [3.8, 4) is 0 Å². The smallest absolute Gasteiger partial charge is 0.472 e. The minimum absolute atomic E-state index is 0.228. The van der Waals surface area contributed by atoms with Crippen LogP contribution in [-0.2, 0) is 32.8 Å². The molecule has 214 valence electrons. The fourth-order valence-corrected chi connectivity index (χ4v) is 4.25. The Balaban J connectivity index is 3.67. The lowest BCUT2D eigenvalue weighted by Gasteiger charge is -2.17. The number of phosphoric ester groups is 1. The first-order chi connectivity index (χ1) is 17.2. The summed E-state index contributed by atoms with van der Waals surface area (Å²) in [4.78, 5) is 36.0. The number of esters is 1. The van der Waals surface area contributed by atoms with E-state index >= 15 is 0 Å². The topological polar surface area (TPSA) is 175 Å². The molecule has 0 bridgehead atoms. The summed E-state index contributed by atoms with van der Waals surface area (Å²) in [5.74, 6) is -1.88. The normalized spacial score (nSPS) is 14.8. The van der Waals surface area contributed by atoms with E-state index in [-0.39, 0.29) is 13.0 Å². The summed E-state index contributed by atoms with van der Waals surface area (Å²) in [6.45, 7) is 0.481. The minimum atomic E-state index is -4.62. The lowest BCUT2D eigenvalue weighted by molar-refractivity contribution is -0.290. The van der Waals surface area contributed by atoms with E-state index in [4.69, 9.17) is 20.8 Å². The Morgan fingerprint density at radius 3 is 1.67 bits per heavy atom. The first kappa shape index (κ1) is 34.9. The highest BCUT2D eigenvalue weighted by Gasteiger charge is 2.27. The number of carbonyl (C=O) groups excluding carboxylic acids is 1. The summed E-state index contributed by atoms with van der Waals surface area (Å²) in [7, 11) is -4.62. The van der Waals surface area contributed by atoms with E-state index in [9.17, 15) is 19.0 Å². The van der Waals surface area contributed by atoms with Crippen LogP contribution in [0, 0.1) is 0 Å². The summed E-state index contributed by atoms with van der Waals surface area (Å²) >= 11 is 0. The SMILES string of the molecule is CCCCCCCCCCCCCCCCCC(=O)OC[C@H](COP(=O)(O)OC[C@H](N)C(=O)O)OO. The summed E-state index contributed by atoms with van der Waals surface area (Å²) in [6, 6.07) is -1.50. The van der Waals surface area contributed by atoms with Crippen molar-refractivity contribution >= 4 is 19.8 Å². The molecule has 0 spiro atoms. The molecule has 0 heterocycles. The summed E-state index contributed by atoms with van der Waals surface area (Å²) < 4.78 is 25.7. The van der Waals surface area contributed by atoms with Gasteiger partial charge in [0, 0.05) is 6.42 Å². The van der Waals surface area contributed by atoms with E-state index in [1.807, 2.05) is 0 Å². The zero-order chi connectivity index (χ0) is 27.1. The van der Waals surface area contributed by atoms with Crippen LogP contribution in [0.3, 0.4) is 0 Å². The van der Waals surface area contributed by atoms with Gasteiger partial charge in [0.25, 0.3) is 0 Å². The van der Waals surface area contributed by atoms with Gasteiger partial charge in [-0.15, -0.1) is 0 Å². The third-order valence-corrected chi connectivity index (χ3v) is 6.67. The second kappa shape index (κ2) is 23.1. The number of aliphatic carboxylic acids is 1. The molecule has 0 aromatic heterocycles. The molecule has 0 aliphatic carbocycles. The number of carboxylic acids is 1. The van der Waals surface area contributed by atoms with Crippen LogP contribution in [-0.4, -0.2) is 59.2 Å². The quantitative estimate of drug-likeness (QED) is 0.0372. The fourth-order valence-electron chi connectivity index (χ4n) is 3.47. The van der Waals surface area contributed by atoms with Crippen LogP contribution < -0.4 is 5.73 Å². The lowest BCUT2D eigenvalue weighted by Crippen LogP contribution is -2.34. The van der Waals surface area contributed by atoms with Gasteiger partial charge < -0.3 is 20.5 Å². The molecule has 0 amide bonds. The second-order valence-corrected chi connectivity index (χ2v) is 10.6. The van der Waals surface area contributed by atoms with E-state index < -0.39 is 45.1 Å². The zero-order valence-electron chi connectivity index (χ0n) is 21.8. The third kappa shape index (κ3) is 22.2. The van der Waals surface area contributed by atoms with Gasteiger partial charge in [-0.3, -0.25) is 23.9 Å². The van der Waals surface area contributed by atoms with Gasteiger partial charge in [0.1, 0.15) is 12.6 Å². The highest BCUT2D eigenvalue weighted by Crippen LogP contribution is 2.43. The Kier molecular flexibility index (Phi) is 22.4. The number of unbranched alkanes of at least 4 members (excludes halogenated alkanes) is 14. The molecule has 0 aliphatic heterocycles. The Hall–Kier alpha value is -1.07. The average molecular weight is 542 g/mol. The first-order valence-electron chi connectivity index (χ1n) is 13.3. The van der Waals surface area contributed by atoms with E-state index in [1.165, 1.54) is 70.6 Å². The van der Waals surface area contributed by atoms with E-state index in [0.717, 1.165) is 19.3 Å². The van der Waals surface area contributed by atoms with Gasteiger partial charge in [-0.2, -0.15) is 0 Å². The first-order valence-corrected chi connectivity index (χ1v) is 14.8. The number of phosphoric acid groups is 1. The van der Waals surface area contributed by atoms with Crippen LogP contribution in [0.25, 0.3) is 0 Å². The molecule has 0 radical (unpaired) electrons. The van der Waals surface area contributed by atoms with Crippen LogP contribution in [0.15, 0.2) is 0 Å². The Labute approximate surface area is 215 Å². The summed E-state index contributed by atoms with van der Waals surface area (Å²) in [5.41, 5.74) is 5.17. The molecular weight excluding hydrogens is 493 g/mol. The van der Waals surface area contributed by atoms with Gasteiger partial charge in [0.15, 0.2) is 6.10 Å². The molecule has 0 rings (SSSR count). The van der Waals surface area contributed by atoms with Crippen molar-refractivity contribution in [1.82, 2.24) is 0 Å². The van der Waals surface area contributed by atoms with Crippen molar-refractivity contribution in [3.05, 3.63) is 0 Å². The molecule has 0 aromatic rings. The molecule has 0 saturated carbocycles. The number of ether oxygens (including phenoxy) is 1. The third-order valence-electron chi connectivity index (χ3n) is 5.72. The predicted molar refractivity (Wildman–Crippen MR) is 135 cm³/mol. The fraction of sp³-hybridized carbons (Fsp3) is 0.917. The standard InChI is InChI=1S/C24H48NO10P/c1-2-3-4-5-6-7-8-9-10-11-12-13-14-15-16-17-23(26)32-18-21(35-29)19-33-36(30,31)34-20-22(25)24(27)28/h21-22,29H,2-20,25H2,1H3,(H,27,28)(H,30,31)/t21-,22+/m1/s1. The predicted octanol–water partition coefficient (Wildman–Crippen LogP) is 5.19. The monoisotopic (exact) mass is 541 g/mol. The Bertz CT molecular complexity index is 607. The van der Waals surface area contributed by atoms with Crippen molar-refractivity contribution < 1.29 is 48.1 Å². The number of hydrogen-bond acceptors (Lipinski definition) is 9. The van der Waals surface area contributed by atoms with Gasteiger partial charge in [0.05, 0.1) is 13.2 Å². The van der Waals surface area contributed by atoms with Crippen molar-refractivity contribution in [2.45, 2.75) is 122 Å². The van der Waals surface area contributed by atoms with E-state index in [0.29, 0.717) is 6.42 Å². The lowest BCUT2D eigenvalue weighted by atomic mass is 10.0. The van der Waals surface area contributed by atoms with Crippen LogP contribution >= 0.6 is 7.82 Å². The number of rotatable bonds is 26. The maximum atomic E-state index is 11.8. The van der Waals surface area contributed by atoms with Gasteiger partial charge in [-0.05, 0) is 6.42 Å². The maximum absolute atomic E-state index is 11.8. The maximum Gasteiger partial charge on any atom is 0.472 e. The Morgan fingerprint density at radius 1 is 0.778 bits per heavy atom. The molecule has 11 nitrogen and oxygen atoms in total. The van der Waals surface area contributed by atoms with Crippen molar-refractivity contribution in [3.63, 3.8) is 0 Å². The molecular formula is C24H48NO10P. The molecule has 0 aromatic carbocycles. The van der Waals surface area contributed by atoms with Gasteiger partial charge in [-0.1, -0.05) is 96.8 Å². The molecule has 12 heteroatoms. The Morgan fingerprint density at radius 2 is 1.22 bits per heavy atom. The van der Waals surface area contributed by atoms with Gasteiger partial charge >= 0.3 is 19.8 Å². The van der Waals surface area contributed by atoms with Gasteiger partial charge in [0.2, 0.25) is 0 Å². The number of carbonyl (C=O) groups is 2. The highest BCUT2D eigenvalue weighted by molar-refractivity contribution is 7.47. The molecule has 5 N–H and O–H groups in total. The van der Waals surface area contributed by atoms with E-state index in [2.05, 4.69) is 20.9 Å². The number of nitrogens with two attached hydrogens (primary N) is 1.